The molecule has 1 atom stereocenters. The van der Waals surface area contributed by atoms with Gasteiger partial charge in [-0.1, -0.05) is 6.07 Å². The van der Waals surface area contributed by atoms with Crippen LogP contribution >= 0.6 is 22.6 Å². The van der Waals surface area contributed by atoms with E-state index < -0.39 is 0 Å². The van der Waals surface area contributed by atoms with E-state index in [-0.39, 0.29) is 11.9 Å². The molecule has 2 N–H and O–H groups in total. The molecule has 1 aromatic rings. The second-order valence-corrected chi connectivity index (χ2v) is 4.53. The predicted octanol–water partition coefficient (Wildman–Crippen LogP) is 3.23. The summed E-state index contributed by atoms with van der Waals surface area (Å²) in [6, 6.07) is 4.64. The summed E-state index contributed by atoms with van der Waals surface area (Å²) in [6.45, 7) is 0. The number of halogens is 2. The highest BCUT2D eigenvalue weighted by molar-refractivity contribution is 14.1. The quantitative estimate of drug-likeness (QED) is 0.515. The Morgan fingerprint density at radius 2 is 2.27 bits per heavy atom. The molecule has 0 heterocycles. The maximum absolute atomic E-state index is 12.8. The third kappa shape index (κ3) is 3.80. The first-order chi connectivity index (χ1) is 7.15. The number of hydrogen-bond acceptors (Lipinski definition) is 1. The van der Waals surface area contributed by atoms with E-state index in [0.29, 0.717) is 0 Å². The van der Waals surface area contributed by atoms with Gasteiger partial charge in [0.15, 0.2) is 0 Å². The molecule has 3 heteroatoms. The molecule has 0 radical (unpaired) electrons. The van der Waals surface area contributed by atoms with Crippen molar-refractivity contribution in [1.29, 1.82) is 0 Å². The maximum atomic E-state index is 12.8. The molecule has 0 amide bonds. The average Bonchev–Trinajstić information content (AvgIpc) is 2.17. The van der Waals surface area contributed by atoms with E-state index in [2.05, 4.69) is 28.5 Å². The summed E-state index contributed by atoms with van der Waals surface area (Å²) in [5.41, 5.74) is 6.99. The molecule has 0 saturated heterocycles. The van der Waals surface area contributed by atoms with Crippen LogP contribution in [0, 0.1) is 21.7 Å². The molecule has 0 fully saturated rings. The summed E-state index contributed by atoms with van der Waals surface area (Å²) >= 11 is 2.10. The largest absolute Gasteiger partial charge is 0.324 e. The average molecular weight is 317 g/mol. The van der Waals surface area contributed by atoms with Crippen molar-refractivity contribution in [2.45, 2.75) is 25.3 Å². The first-order valence-corrected chi connectivity index (χ1v) is 5.87. The zero-order valence-corrected chi connectivity index (χ0v) is 10.5. The van der Waals surface area contributed by atoms with Gasteiger partial charge in [-0.3, -0.25) is 0 Å². The second kappa shape index (κ2) is 6.09. The van der Waals surface area contributed by atoms with Gasteiger partial charge in [0.1, 0.15) is 5.82 Å². The fourth-order valence-corrected chi connectivity index (χ4v) is 2.26. The molecule has 0 aliphatic rings. The SMILES string of the molecule is C#CCCCC(N)c1ccc(F)cc1I. The summed E-state index contributed by atoms with van der Waals surface area (Å²) in [4.78, 5) is 0. The lowest BCUT2D eigenvalue weighted by atomic mass is 10.0. The molecule has 1 aromatic carbocycles. The standard InChI is InChI=1S/C12H13FIN/c1-2-3-4-5-12(15)10-7-6-9(13)8-11(10)14/h1,6-8,12H,3-5,15H2. The summed E-state index contributed by atoms with van der Waals surface area (Å²) < 4.78 is 13.7. The molecule has 1 nitrogen and oxygen atoms in total. The number of hydrogen-bond donors (Lipinski definition) is 1. The van der Waals surface area contributed by atoms with Crippen LogP contribution in [0.15, 0.2) is 18.2 Å². The molecule has 0 aromatic heterocycles. The molecular formula is C12H13FIN. The molecule has 0 bridgehead atoms. The van der Waals surface area contributed by atoms with Crippen molar-refractivity contribution in [2.75, 3.05) is 0 Å². The van der Waals surface area contributed by atoms with E-state index in [0.717, 1.165) is 28.4 Å². The van der Waals surface area contributed by atoms with Gasteiger partial charge in [-0.05, 0) is 53.1 Å². The molecule has 1 rings (SSSR count). The van der Waals surface area contributed by atoms with Gasteiger partial charge in [0.25, 0.3) is 0 Å². The van der Waals surface area contributed by atoms with Crippen molar-refractivity contribution in [3.63, 3.8) is 0 Å². The first-order valence-electron chi connectivity index (χ1n) is 4.79. The smallest absolute Gasteiger partial charge is 0.124 e. The third-order valence-electron chi connectivity index (χ3n) is 2.20. The predicted molar refractivity (Wildman–Crippen MR) is 68.7 cm³/mol. The van der Waals surface area contributed by atoms with E-state index in [1.165, 1.54) is 12.1 Å². The van der Waals surface area contributed by atoms with Crippen molar-refractivity contribution in [3.05, 3.63) is 33.1 Å². The second-order valence-electron chi connectivity index (χ2n) is 3.37. The van der Waals surface area contributed by atoms with Crippen LogP contribution in [0.2, 0.25) is 0 Å². The maximum Gasteiger partial charge on any atom is 0.124 e. The molecule has 0 aliphatic carbocycles. The Balaban J connectivity index is 2.66. The Labute approximate surface area is 103 Å². The van der Waals surface area contributed by atoms with Gasteiger partial charge >= 0.3 is 0 Å². The zero-order chi connectivity index (χ0) is 11.3. The van der Waals surface area contributed by atoms with Crippen molar-refractivity contribution in [2.24, 2.45) is 5.73 Å². The summed E-state index contributed by atoms with van der Waals surface area (Å²) in [6.07, 6.45) is 7.65. The number of benzene rings is 1. The summed E-state index contributed by atoms with van der Waals surface area (Å²) in [5, 5.41) is 0. The van der Waals surface area contributed by atoms with Gasteiger partial charge in [-0.2, -0.15) is 0 Å². The molecule has 80 valence electrons. The van der Waals surface area contributed by atoms with E-state index in [1.807, 2.05) is 0 Å². The number of rotatable bonds is 4. The topological polar surface area (TPSA) is 26.0 Å². The monoisotopic (exact) mass is 317 g/mol. The van der Waals surface area contributed by atoms with Gasteiger partial charge in [0.2, 0.25) is 0 Å². The van der Waals surface area contributed by atoms with Crippen molar-refractivity contribution in [3.8, 4) is 12.3 Å². The van der Waals surface area contributed by atoms with Crippen LogP contribution in [0.5, 0.6) is 0 Å². The van der Waals surface area contributed by atoms with Crippen molar-refractivity contribution in [1.82, 2.24) is 0 Å². The Bertz CT molecular complexity index is 370. The summed E-state index contributed by atoms with van der Waals surface area (Å²) in [5.74, 6) is 2.36. The normalized spacial score (nSPS) is 12.1. The molecule has 15 heavy (non-hydrogen) atoms. The van der Waals surface area contributed by atoms with Crippen LogP contribution in [0.3, 0.4) is 0 Å². The molecule has 0 saturated carbocycles. The number of unbranched alkanes of at least 4 members (excludes halogenated alkanes) is 1. The van der Waals surface area contributed by atoms with Crippen molar-refractivity contribution >= 4 is 22.6 Å². The molecular weight excluding hydrogens is 304 g/mol. The van der Waals surface area contributed by atoms with Crippen LogP contribution in [-0.2, 0) is 0 Å². The number of terminal acetylenes is 1. The van der Waals surface area contributed by atoms with Gasteiger partial charge < -0.3 is 5.73 Å². The van der Waals surface area contributed by atoms with E-state index in [9.17, 15) is 4.39 Å². The lowest BCUT2D eigenvalue weighted by Crippen LogP contribution is -2.11. The van der Waals surface area contributed by atoms with Crippen LogP contribution < -0.4 is 5.73 Å². The molecule has 0 aliphatic heterocycles. The van der Waals surface area contributed by atoms with Crippen molar-refractivity contribution < 1.29 is 4.39 Å². The van der Waals surface area contributed by atoms with Gasteiger partial charge in [-0.15, -0.1) is 12.3 Å². The first kappa shape index (κ1) is 12.5. The molecule has 1 unspecified atom stereocenters. The third-order valence-corrected chi connectivity index (χ3v) is 3.13. The highest BCUT2D eigenvalue weighted by atomic mass is 127. The highest BCUT2D eigenvalue weighted by Crippen LogP contribution is 2.22. The van der Waals surface area contributed by atoms with E-state index >= 15 is 0 Å². The lowest BCUT2D eigenvalue weighted by molar-refractivity contribution is 0.605. The Kier molecular flexibility index (Phi) is 5.06. The van der Waals surface area contributed by atoms with E-state index in [4.69, 9.17) is 12.2 Å². The van der Waals surface area contributed by atoms with Gasteiger partial charge in [-0.25, -0.2) is 4.39 Å². The van der Waals surface area contributed by atoms with Crippen LogP contribution in [-0.4, -0.2) is 0 Å². The lowest BCUT2D eigenvalue weighted by Gasteiger charge is -2.13. The minimum absolute atomic E-state index is 0.0501. The Hall–Kier alpha value is -0.600. The van der Waals surface area contributed by atoms with Gasteiger partial charge in [0.05, 0.1) is 0 Å². The van der Waals surface area contributed by atoms with Crippen LogP contribution in [0.1, 0.15) is 30.9 Å². The Morgan fingerprint density at radius 1 is 1.53 bits per heavy atom. The van der Waals surface area contributed by atoms with Gasteiger partial charge in [0, 0.05) is 16.0 Å². The minimum atomic E-state index is -0.223. The fourth-order valence-electron chi connectivity index (χ4n) is 1.38. The molecule has 0 spiro atoms. The Morgan fingerprint density at radius 3 is 2.87 bits per heavy atom. The number of nitrogens with two attached hydrogens (primary N) is 1. The minimum Gasteiger partial charge on any atom is -0.324 e. The zero-order valence-electron chi connectivity index (χ0n) is 8.34. The fraction of sp³-hybridized carbons (Fsp3) is 0.333. The van der Waals surface area contributed by atoms with Crippen LogP contribution in [0.4, 0.5) is 4.39 Å². The van der Waals surface area contributed by atoms with Crippen LogP contribution in [0.25, 0.3) is 0 Å². The van der Waals surface area contributed by atoms with E-state index in [1.54, 1.807) is 6.07 Å². The summed E-state index contributed by atoms with van der Waals surface area (Å²) in [7, 11) is 0. The highest BCUT2D eigenvalue weighted by Gasteiger charge is 2.09.